The Kier molecular flexibility index (Phi) is 5.76. The molecule has 7 heteroatoms. The molecule has 0 radical (unpaired) electrons. The summed E-state index contributed by atoms with van der Waals surface area (Å²) in [7, 11) is 3.24. The lowest BCUT2D eigenvalue weighted by Crippen LogP contribution is -2.05. The molecule has 3 rings (SSSR count). The zero-order chi connectivity index (χ0) is 18.4. The van der Waals surface area contributed by atoms with Crippen molar-refractivity contribution in [2.75, 3.05) is 24.9 Å². The van der Waals surface area contributed by atoms with Crippen LogP contribution in [0.5, 0.6) is 11.5 Å². The van der Waals surface area contributed by atoms with Crippen LogP contribution >= 0.6 is 11.6 Å². The molecule has 1 heterocycles. The molecule has 3 aromatic rings. The lowest BCUT2D eigenvalue weighted by molar-refractivity contribution is 0.405. The van der Waals surface area contributed by atoms with Gasteiger partial charge >= 0.3 is 0 Å². The number of methoxy groups -OCH3 is 2. The number of hydrogen-bond acceptors (Lipinski definition) is 6. The second kappa shape index (κ2) is 8.40. The molecule has 0 saturated heterocycles. The van der Waals surface area contributed by atoms with Crippen LogP contribution in [0, 0.1) is 0 Å². The van der Waals surface area contributed by atoms with Gasteiger partial charge in [0.25, 0.3) is 0 Å². The quantitative estimate of drug-likeness (QED) is 0.638. The van der Waals surface area contributed by atoms with Crippen LogP contribution in [-0.2, 0) is 6.54 Å². The van der Waals surface area contributed by atoms with E-state index < -0.39 is 0 Å². The highest BCUT2D eigenvalue weighted by molar-refractivity contribution is 6.30. The fourth-order valence-corrected chi connectivity index (χ4v) is 2.47. The van der Waals surface area contributed by atoms with Gasteiger partial charge in [0.05, 0.1) is 19.9 Å². The Morgan fingerprint density at radius 2 is 1.81 bits per heavy atom. The number of nitrogens with zero attached hydrogens (tertiary/aromatic N) is 2. The number of aromatic nitrogens is 2. The monoisotopic (exact) mass is 370 g/mol. The number of anilines is 3. The largest absolute Gasteiger partial charge is 0.497 e. The van der Waals surface area contributed by atoms with Crippen LogP contribution in [-0.4, -0.2) is 24.2 Å². The lowest BCUT2D eigenvalue weighted by Gasteiger charge is -2.13. The summed E-state index contributed by atoms with van der Waals surface area (Å²) in [5, 5.41) is 7.14. The average Bonchev–Trinajstić information content (AvgIpc) is 2.68. The minimum atomic E-state index is 0.520. The maximum Gasteiger partial charge on any atom is 0.224 e. The average molecular weight is 371 g/mol. The number of benzene rings is 2. The molecule has 0 atom stereocenters. The van der Waals surface area contributed by atoms with Gasteiger partial charge in [0.15, 0.2) is 0 Å². The molecule has 6 nitrogen and oxygen atoms in total. The lowest BCUT2D eigenvalue weighted by atomic mass is 10.2. The molecule has 0 bridgehead atoms. The standard InChI is InChI=1S/C19H19ClN4O2/c1-25-15-7-8-17(26-2)16(11-15)23-18-9-10-21-19(24-18)22-12-13-3-5-14(20)6-4-13/h3-11H,12H2,1-2H3,(H2,21,22,23,24). The predicted molar refractivity (Wildman–Crippen MR) is 104 cm³/mol. The van der Waals surface area contributed by atoms with Gasteiger partial charge in [-0.05, 0) is 35.9 Å². The van der Waals surface area contributed by atoms with E-state index in [2.05, 4.69) is 20.6 Å². The van der Waals surface area contributed by atoms with Crippen molar-refractivity contribution in [3.63, 3.8) is 0 Å². The Hall–Kier alpha value is -2.99. The van der Waals surface area contributed by atoms with Crippen LogP contribution in [0.15, 0.2) is 54.7 Å². The first-order valence-corrected chi connectivity index (χ1v) is 8.36. The summed E-state index contributed by atoms with van der Waals surface area (Å²) in [6, 6.07) is 14.9. The van der Waals surface area contributed by atoms with E-state index >= 15 is 0 Å². The highest BCUT2D eigenvalue weighted by atomic mass is 35.5. The van der Waals surface area contributed by atoms with Gasteiger partial charge in [-0.3, -0.25) is 0 Å². The van der Waals surface area contributed by atoms with Gasteiger partial charge in [0, 0.05) is 23.8 Å². The van der Waals surface area contributed by atoms with E-state index in [1.165, 1.54) is 0 Å². The Morgan fingerprint density at radius 3 is 2.54 bits per heavy atom. The number of halogens is 1. The van der Waals surface area contributed by atoms with Gasteiger partial charge in [0.2, 0.25) is 5.95 Å². The van der Waals surface area contributed by atoms with Crippen molar-refractivity contribution in [1.29, 1.82) is 0 Å². The van der Waals surface area contributed by atoms with Crippen molar-refractivity contribution in [3.05, 3.63) is 65.3 Å². The first-order valence-electron chi connectivity index (χ1n) is 7.98. The first-order chi connectivity index (χ1) is 12.7. The molecule has 2 N–H and O–H groups in total. The summed E-state index contributed by atoms with van der Waals surface area (Å²) in [5.74, 6) is 2.58. The summed E-state index contributed by atoms with van der Waals surface area (Å²) in [6.07, 6.45) is 1.69. The van der Waals surface area contributed by atoms with Gasteiger partial charge in [-0.15, -0.1) is 0 Å². The molecule has 0 fully saturated rings. The van der Waals surface area contributed by atoms with Gasteiger partial charge < -0.3 is 20.1 Å². The van der Waals surface area contributed by atoms with Crippen molar-refractivity contribution < 1.29 is 9.47 Å². The number of nitrogens with one attached hydrogen (secondary N) is 2. The molecular weight excluding hydrogens is 352 g/mol. The van der Waals surface area contributed by atoms with Crippen LogP contribution in [0.2, 0.25) is 5.02 Å². The molecule has 1 aromatic heterocycles. The van der Waals surface area contributed by atoms with Gasteiger partial charge in [-0.25, -0.2) is 4.98 Å². The fraction of sp³-hybridized carbons (Fsp3) is 0.158. The van der Waals surface area contributed by atoms with Crippen molar-refractivity contribution in [3.8, 4) is 11.5 Å². The van der Waals surface area contributed by atoms with Crippen molar-refractivity contribution >= 4 is 29.1 Å². The summed E-state index contributed by atoms with van der Waals surface area (Å²) in [4.78, 5) is 8.72. The van der Waals surface area contributed by atoms with Gasteiger partial charge in [0.1, 0.15) is 17.3 Å². The zero-order valence-electron chi connectivity index (χ0n) is 14.5. The van der Waals surface area contributed by atoms with Crippen LogP contribution in [0.4, 0.5) is 17.5 Å². The Bertz CT molecular complexity index is 872. The minimum absolute atomic E-state index is 0.520. The molecule has 0 unspecified atom stereocenters. The number of ether oxygens (including phenoxy) is 2. The maximum atomic E-state index is 5.90. The molecular formula is C19H19ClN4O2. The third-order valence-corrected chi connectivity index (χ3v) is 3.94. The maximum absolute atomic E-state index is 5.90. The molecule has 0 aliphatic rings. The summed E-state index contributed by atoms with van der Waals surface area (Å²) in [6.45, 7) is 0.600. The van der Waals surface area contributed by atoms with E-state index in [1.807, 2.05) is 42.5 Å². The smallest absolute Gasteiger partial charge is 0.224 e. The molecule has 134 valence electrons. The predicted octanol–water partition coefficient (Wildman–Crippen LogP) is 4.50. The number of hydrogen-bond donors (Lipinski definition) is 2. The molecule has 0 amide bonds. The van der Waals surface area contributed by atoms with Crippen molar-refractivity contribution in [1.82, 2.24) is 9.97 Å². The van der Waals surface area contributed by atoms with Crippen LogP contribution in [0.25, 0.3) is 0 Å². The second-order valence-corrected chi connectivity index (χ2v) is 5.87. The SMILES string of the molecule is COc1ccc(OC)c(Nc2ccnc(NCc3ccc(Cl)cc3)n2)c1. The Balaban J connectivity index is 1.72. The van der Waals surface area contributed by atoms with Crippen LogP contribution < -0.4 is 20.1 Å². The van der Waals surface area contributed by atoms with E-state index in [4.69, 9.17) is 21.1 Å². The van der Waals surface area contributed by atoms with E-state index in [1.54, 1.807) is 26.5 Å². The van der Waals surface area contributed by atoms with E-state index in [0.717, 1.165) is 17.0 Å². The van der Waals surface area contributed by atoms with E-state index in [9.17, 15) is 0 Å². The number of rotatable bonds is 7. The van der Waals surface area contributed by atoms with Crippen molar-refractivity contribution in [2.45, 2.75) is 6.54 Å². The topological polar surface area (TPSA) is 68.3 Å². The van der Waals surface area contributed by atoms with E-state index in [-0.39, 0.29) is 0 Å². The third kappa shape index (κ3) is 4.55. The van der Waals surface area contributed by atoms with E-state index in [0.29, 0.717) is 29.1 Å². The van der Waals surface area contributed by atoms with Crippen LogP contribution in [0.3, 0.4) is 0 Å². The summed E-state index contributed by atoms with van der Waals surface area (Å²) >= 11 is 5.90. The minimum Gasteiger partial charge on any atom is -0.497 e. The van der Waals surface area contributed by atoms with Crippen LogP contribution in [0.1, 0.15) is 5.56 Å². The van der Waals surface area contributed by atoms with Gasteiger partial charge in [-0.1, -0.05) is 23.7 Å². The third-order valence-electron chi connectivity index (χ3n) is 3.69. The first kappa shape index (κ1) is 17.8. The molecule has 0 aliphatic carbocycles. The fourth-order valence-electron chi connectivity index (χ4n) is 2.35. The molecule has 0 saturated carbocycles. The van der Waals surface area contributed by atoms with Gasteiger partial charge in [-0.2, -0.15) is 4.98 Å². The van der Waals surface area contributed by atoms with Crippen molar-refractivity contribution in [2.24, 2.45) is 0 Å². The molecule has 0 spiro atoms. The second-order valence-electron chi connectivity index (χ2n) is 5.44. The zero-order valence-corrected chi connectivity index (χ0v) is 15.2. The summed E-state index contributed by atoms with van der Waals surface area (Å²) < 4.78 is 10.6. The Labute approximate surface area is 157 Å². The molecule has 2 aromatic carbocycles. The highest BCUT2D eigenvalue weighted by Crippen LogP contribution is 2.31. The summed E-state index contributed by atoms with van der Waals surface area (Å²) in [5.41, 5.74) is 1.85. The molecule has 26 heavy (non-hydrogen) atoms. The molecule has 0 aliphatic heterocycles. The normalized spacial score (nSPS) is 10.3. The highest BCUT2D eigenvalue weighted by Gasteiger charge is 2.07. The Morgan fingerprint density at radius 1 is 1.00 bits per heavy atom.